The molecular weight excluding hydrogens is 271 g/mol. The molecule has 1 aliphatic carbocycles. The Morgan fingerprint density at radius 3 is 2.60 bits per heavy atom. The zero-order valence-corrected chi connectivity index (χ0v) is 10.8. The first-order valence-corrected chi connectivity index (χ1v) is 6.51. The maximum atomic E-state index is 12.6. The normalized spacial score (nSPS) is 17.6. The molecule has 1 aromatic carbocycles. The van der Waals surface area contributed by atoms with Crippen LogP contribution in [0.25, 0.3) is 0 Å². The van der Waals surface area contributed by atoms with Gasteiger partial charge in [-0.25, -0.2) is 0 Å². The average Bonchev–Trinajstić information content (AvgIpc) is 2.31. The smallest absolute Gasteiger partial charge is 0.416 e. The number of benzene rings is 1. The summed E-state index contributed by atoms with van der Waals surface area (Å²) in [5, 5.41) is 12.3. The molecule has 0 spiro atoms. The summed E-state index contributed by atoms with van der Waals surface area (Å²) in [7, 11) is 0. The molecule has 0 saturated heterocycles. The fourth-order valence-electron chi connectivity index (χ4n) is 2.18. The third kappa shape index (κ3) is 3.50. The molecule has 0 aliphatic heterocycles. The largest absolute Gasteiger partial charge is 0.481 e. The topological polar surface area (TPSA) is 49.3 Å². The van der Waals surface area contributed by atoms with Gasteiger partial charge in [0.05, 0.1) is 11.5 Å². The predicted molar refractivity (Wildman–Crippen MR) is 67.5 cm³/mol. The van der Waals surface area contributed by atoms with Gasteiger partial charge in [-0.3, -0.25) is 4.79 Å². The van der Waals surface area contributed by atoms with Crippen LogP contribution in [0.3, 0.4) is 0 Å². The summed E-state index contributed by atoms with van der Waals surface area (Å²) in [5.74, 6) is -2.07. The fourth-order valence-corrected chi connectivity index (χ4v) is 2.18. The van der Waals surface area contributed by atoms with E-state index >= 15 is 0 Å². The molecule has 1 atom stereocenters. The van der Waals surface area contributed by atoms with Crippen molar-refractivity contribution in [2.24, 2.45) is 0 Å². The van der Waals surface area contributed by atoms with Crippen LogP contribution in [0.5, 0.6) is 0 Å². The first-order valence-electron chi connectivity index (χ1n) is 6.51. The van der Waals surface area contributed by atoms with E-state index in [1.54, 1.807) is 0 Å². The van der Waals surface area contributed by atoms with Crippen molar-refractivity contribution in [1.82, 2.24) is 5.32 Å². The van der Waals surface area contributed by atoms with Crippen molar-refractivity contribution in [3.8, 4) is 0 Å². The van der Waals surface area contributed by atoms with Crippen molar-refractivity contribution < 1.29 is 23.1 Å². The van der Waals surface area contributed by atoms with Crippen LogP contribution in [0.1, 0.15) is 36.3 Å². The Balaban J connectivity index is 2.13. The van der Waals surface area contributed by atoms with Crippen LogP contribution >= 0.6 is 0 Å². The van der Waals surface area contributed by atoms with E-state index < -0.39 is 23.6 Å². The quantitative estimate of drug-likeness (QED) is 0.875. The van der Waals surface area contributed by atoms with Gasteiger partial charge in [-0.2, -0.15) is 13.2 Å². The minimum Gasteiger partial charge on any atom is -0.481 e. The van der Waals surface area contributed by atoms with E-state index in [1.807, 2.05) is 0 Å². The lowest BCUT2D eigenvalue weighted by Gasteiger charge is -2.28. The Hall–Kier alpha value is -1.56. The Labute approximate surface area is 114 Å². The summed E-state index contributed by atoms with van der Waals surface area (Å²) < 4.78 is 37.9. The number of nitrogens with one attached hydrogen (secondary N) is 1. The minimum atomic E-state index is -4.46. The summed E-state index contributed by atoms with van der Waals surface area (Å²) >= 11 is 0. The predicted octanol–water partition coefficient (Wildman–Crippen LogP) is 3.02. The highest BCUT2D eigenvalue weighted by molar-refractivity contribution is 5.76. The Kier molecular flexibility index (Phi) is 4.32. The molecule has 1 fully saturated rings. The monoisotopic (exact) mass is 287 g/mol. The number of hydrogen-bond donors (Lipinski definition) is 2. The zero-order valence-electron chi connectivity index (χ0n) is 10.8. The molecule has 0 heterocycles. The Morgan fingerprint density at radius 1 is 1.40 bits per heavy atom. The van der Waals surface area contributed by atoms with Crippen molar-refractivity contribution in [2.45, 2.75) is 37.4 Å². The number of alkyl halides is 3. The minimum absolute atomic E-state index is 0.154. The van der Waals surface area contributed by atoms with Crippen molar-refractivity contribution in [1.29, 1.82) is 0 Å². The van der Waals surface area contributed by atoms with Gasteiger partial charge in [0.2, 0.25) is 0 Å². The molecule has 0 bridgehead atoms. The van der Waals surface area contributed by atoms with Crippen LogP contribution in [0.2, 0.25) is 0 Å². The lowest BCUT2D eigenvalue weighted by molar-refractivity contribution is -0.140. The van der Waals surface area contributed by atoms with E-state index in [0.717, 1.165) is 31.4 Å². The Morgan fingerprint density at radius 2 is 2.10 bits per heavy atom. The van der Waals surface area contributed by atoms with Gasteiger partial charge in [0.1, 0.15) is 0 Å². The first-order chi connectivity index (χ1) is 9.38. The third-order valence-electron chi connectivity index (χ3n) is 3.63. The first kappa shape index (κ1) is 14.8. The summed E-state index contributed by atoms with van der Waals surface area (Å²) in [6.07, 6.45) is -1.36. The molecule has 20 heavy (non-hydrogen) atoms. The van der Waals surface area contributed by atoms with Crippen molar-refractivity contribution in [3.05, 3.63) is 35.4 Å². The molecule has 1 aliphatic rings. The molecule has 1 aromatic rings. The SMILES string of the molecule is O=C(O)C(CNC1CCC1)c1cccc(C(F)(F)F)c1. The van der Waals surface area contributed by atoms with Gasteiger partial charge in [-0.05, 0) is 24.5 Å². The lowest BCUT2D eigenvalue weighted by atomic mass is 9.91. The summed E-state index contributed by atoms with van der Waals surface area (Å²) in [4.78, 5) is 11.3. The number of halogens is 3. The number of hydrogen-bond acceptors (Lipinski definition) is 2. The van der Waals surface area contributed by atoms with E-state index in [-0.39, 0.29) is 12.1 Å². The van der Waals surface area contributed by atoms with Gasteiger partial charge in [-0.1, -0.05) is 24.6 Å². The van der Waals surface area contributed by atoms with E-state index in [2.05, 4.69) is 5.32 Å². The van der Waals surface area contributed by atoms with Crippen LogP contribution in [0.15, 0.2) is 24.3 Å². The summed E-state index contributed by atoms with van der Waals surface area (Å²) in [6, 6.07) is 4.83. The third-order valence-corrected chi connectivity index (χ3v) is 3.63. The van der Waals surface area contributed by atoms with Gasteiger partial charge in [0.25, 0.3) is 0 Å². The Bertz CT molecular complexity index is 484. The van der Waals surface area contributed by atoms with Crippen molar-refractivity contribution in [3.63, 3.8) is 0 Å². The van der Waals surface area contributed by atoms with Gasteiger partial charge < -0.3 is 10.4 Å². The fraction of sp³-hybridized carbons (Fsp3) is 0.500. The molecule has 110 valence electrons. The number of carboxylic acid groups (broad SMARTS) is 1. The number of carbonyl (C=O) groups is 1. The van der Waals surface area contributed by atoms with Crippen LogP contribution in [-0.4, -0.2) is 23.7 Å². The van der Waals surface area contributed by atoms with E-state index in [1.165, 1.54) is 12.1 Å². The number of aliphatic carboxylic acids is 1. The van der Waals surface area contributed by atoms with E-state index in [9.17, 15) is 23.1 Å². The molecule has 2 N–H and O–H groups in total. The standard InChI is InChI=1S/C14H16F3NO2/c15-14(16,17)10-4-1-3-9(7-10)12(13(19)20)8-18-11-5-2-6-11/h1,3-4,7,11-12,18H,2,5-6,8H2,(H,19,20). The van der Waals surface area contributed by atoms with Crippen molar-refractivity contribution >= 4 is 5.97 Å². The highest BCUT2D eigenvalue weighted by Gasteiger charge is 2.32. The molecule has 1 saturated carbocycles. The van der Waals surface area contributed by atoms with Crippen LogP contribution < -0.4 is 5.32 Å². The van der Waals surface area contributed by atoms with Crippen LogP contribution in [-0.2, 0) is 11.0 Å². The molecule has 0 aromatic heterocycles. The van der Waals surface area contributed by atoms with E-state index in [0.29, 0.717) is 6.04 Å². The molecular formula is C14H16F3NO2. The molecule has 3 nitrogen and oxygen atoms in total. The van der Waals surface area contributed by atoms with Crippen LogP contribution in [0, 0.1) is 0 Å². The van der Waals surface area contributed by atoms with E-state index in [4.69, 9.17) is 0 Å². The zero-order chi connectivity index (χ0) is 14.8. The maximum absolute atomic E-state index is 12.6. The van der Waals surface area contributed by atoms with Gasteiger partial charge in [0, 0.05) is 12.6 Å². The van der Waals surface area contributed by atoms with Gasteiger partial charge >= 0.3 is 12.1 Å². The van der Waals surface area contributed by atoms with Gasteiger partial charge in [0.15, 0.2) is 0 Å². The highest BCUT2D eigenvalue weighted by atomic mass is 19.4. The second kappa shape index (κ2) is 5.83. The highest BCUT2D eigenvalue weighted by Crippen LogP contribution is 2.31. The summed E-state index contributed by atoms with van der Waals surface area (Å²) in [5.41, 5.74) is -0.635. The molecule has 0 radical (unpaired) electrons. The lowest BCUT2D eigenvalue weighted by Crippen LogP contribution is -2.39. The maximum Gasteiger partial charge on any atom is 0.416 e. The molecule has 2 rings (SSSR count). The van der Waals surface area contributed by atoms with Crippen LogP contribution in [0.4, 0.5) is 13.2 Å². The number of carboxylic acids is 1. The number of rotatable bonds is 5. The van der Waals surface area contributed by atoms with Crippen molar-refractivity contribution in [2.75, 3.05) is 6.54 Å². The molecule has 1 unspecified atom stereocenters. The second-order valence-corrected chi connectivity index (χ2v) is 5.05. The molecule has 6 heteroatoms. The summed E-state index contributed by atoms with van der Waals surface area (Å²) in [6.45, 7) is 0.154. The van der Waals surface area contributed by atoms with Gasteiger partial charge in [-0.15, -0.1) is 0 Å². The average molecular weight is 287 g/mol. The second-order valence-electron chi connectivity index (χ2n) is 5.05. The molecule has 0 amide bonds.